The fourth-order valence-corrected chi connectivity index (χ4v) is 2.28. The van der Waals surface area contributed by atoms with Gasteiger partial charge in [-0.25, -0.2) is 0 Å². The Kier molecular flexibility index (Phi) is 4.22. The molecule has 1 aromatic carbocycles. The van der Waals surface area contributed by atoms with E-state index in [2.05, 4.69) is 24.1 Å². The number of hydrogen-bond acceptors (Lipinski definition) is 4. The maximum atomic E-state index is 9.46. The molecule has 0 aliphatic rings. The number of nitrogens with zero attached hydrogens (tertiary/aromatic N) is 1. The van der Waals surface area contributed by atoms with Crippen molar-refractivity contribution in [1.82, 2.24) is 4.98 Å². The molecule has 4 nitrogen and oxygen atoms in total. The first-order chi connectivity index (χ1) is 9.11. The first kappa shape index (κ1) is 13.6. The van der Waals surface area contributed by atoms with E-state index in [1.54, 1.807) is 6.20 Å². The summed E-state index contributed by atoms with van der Waals surface area (Å²) in [7, 11) is 0. The minimum Gasteiger partial charge on any atom is -0.398 e. The Bertz CT molecular complexity index is 554. The zero-order valence-corrected chi connectivity index (χ0v) is 11.4. The van der Waals surface area contributed by atoms with Gasteiger partial charge in [0.15, 0.2) is 0 Å². The van der Waals surface area contributed by atoms with Gasteiger partial charge < -0.3 is 16.2 Å². The number of nitrogens with two attached hydrogens (primary N) is 1. The second-order valence-corrected chi connectivity index (χ2v) is 5.26. The summed E-state index contributed by atoms with van der Waals surface area (Å²) < 4.78 is 0. The van der Waals surface area contributed by atoms with Crippen molar-refractivity contribution in [3.8, 4) is 0 Å². The van der Waals surface area contributed by atoms with Crippen molar-refractivity contribution in [3.05, 3.63) is 30.5 Å². The van der Waals surface area contributed by atoms with Crippen molar-refractivity contribution >= 4 is 22.3 Å². The number of pyridine rings is 1. The van der Waals surface area contributed by atoms with Gasteiger partial charge in [-0.05, 0) is 36.6 Å². The monoisotopic (exact) mass is 259 g/mol. The minimum absolute atomic E-state index is 0.0360. The highest BCUT2D eigenvalue weighted by molar-refractivity contribution is 5.98. The Morgan fingerprint density at radius 2 is 2.11 bits per heavy atom. The molecule has 2 aromatic rings. The second kappa shape index (κ2) is 5.89. The van der Waals surface area contributed by atoms with Crippen molar-refractivity contribution in [2.24, 2.45) is 5.92 Å². The number of nitrogens with one attached hydrogen (secondary N) is 1. The van der Waals surface area contributed by atoms with Crippen molar-refractivity contribution in [2.45, 2.75) is 26.3 Å². The molecule has 0 radical (unpaired) electrons. The molecule has 0 fully saturated rings. The number of anilines is 2. The molecule has 4 N–H and O–H groups in total. The molecule has 0 amide bonds. The molecule has 1 heterocycles. The van der Waals surface area contributed by atoms with Gasteiger partial charge >= 0.3 is 0 Å². The lowest BCUT2D eigenvalue weighted by Gasteiger charge is -2.20. The highest BCUT2D eigenvalue weighted by atomic mass is 16.3. The van der Waals surface area contributed by atoms with Crippen LogP contribution in [0.25, 0.3) is 10.9 Å². The largest absolute Gasteiger partial charge is 0.398 e. The van der Waals surface area contributed by atoms with Gasteiger partial charge in [-0.2, -0.15) is 0 Å². The predicted molar refractivity (Wildman–Crippen MR) is 80.1 cm³/mol. The Morgan fingerprint density at radius 3 is 2.79 bits per heavy atom. The molecular weight excluding hydrogens is 238 g/mol. The number of hydrogen-bond donors (Lipinski definition) is 3. The zero-order valence-electron chi connectivity index (χ0n) is 11.4. The van der Waals surface area contributed by atoms with Gasteiger partial charge in [-0.15, -0.1) is 0 Å². The standard InChI is InChI=1S/C15H21N3O/c1-10(2)8-11(9-19)18-14-6-5-13(16)12-4-3-7-17-15(12)14/h3-7,10-11,18-19H,8-9,16H2,1-2H3. The van der Waals surface area contributed by atoms with Gasteiger partial charge in [0.2, 0.25) is 0 Å². The Hall–Kier alpha value is -1.81. The molecule has 19 heavy (non-hydrogen) atoms. The van der Waals surface area contributed by atoms with E-state index in [1.165, 1.54) is 0 Å². The van der Waals surface area contributed by atoms with Gasteiger partial charge in [0, 0.05) is 23.3 Å². The molecule has 102 valence electrons. The summed E-state index contributed by atoms with van der Waals surface area (Å²) in [5.41, 5.74) is 8.44. The van der Waals surface area contributed by atoms with Crippen LogP contribution in [0.1, 0.15) is 20.3 Å². The molecule has 2 rings (SSSR count). The molecule has 0 bridgehead atoms. The highest BCUT2D eigenvalue weighted by Crippen LogP contribution is 2.27. The first-order valence-corrected chi connectivity index (χ1v) is 6.62. The fourth-order valence-electron chi connectivity index (χ4n) is 2.28. The Labute approximate surface area is 113 Å². The van der Waals surface area contributed by atoms with Crippen molar-refractivity contribution < 1.29 is 5.11 Å². The molecule has 0 spiro atoms. The summed E-state index contributed by atoms with van der Waals surface area (Å²) in [6.45, 7) is 4.39. The van der Waals surface area contributed by atoms with Crippen LogP contribution >= 0.6 is 0 Å². The number of aliphatic hydroxyl groups is 1. The summed E-state index contributed by atoms with van der Waals surface area (Å²) >= 11 is 0. The lowest BCUT2D eigenvalue weighted by atomic mass is 10.0. The van der Waals surface area contributed by atoms with Crippen LogP contribution in [0.4, 0.5) is 11.4 Å². The molecule has 0 aliphatic carbocycles. The summed E-state index contributed by atoms with van der Waals surface area (Å²) in [6.07, 6.45) is 2.67. The van der Waals surface area contributed by atoms with E-state index < -0.39 is 0 Å². The van der Waals surface area contributed by atoms with E-state index in [4.69, 9.17) is 5.73 Å². The fraction of sp³-hybridized carbons (Fsp3) is 0.400. The number of aliphatic hydroxyl groups excluding tert-OH is 1. The lowest BCUT2D eigenvalue weighted by molar-refractivity contribution is 0.259. The van der Waals surface area contributed by atoms with Crippen LogP contribution in [-0.4, -0.2) is 22.7 Å². The van der Waals surface area contributed by atoms with E-state index in [0.717, 1.165) is 28.7 Å². The maximum absolute atomic E-state index is 9.46. The molecule has 1 atom stereocenters. The number of aromatic nitrogens is 1. The van der Waals surface area contributed by atoms with E-state index in [1.807, 2.05) is 24.3 Å². The van der Waals surface area contributed by atoms with Gasteiger partial charge in [0.1, 0.15) is 0 Å². The molecule has 0 aliphatic heterocycles. The quantitative estimate of drug-likeness (QED) is 0.722. The van der Waals surface area contributed by atoms with Crippen molar-refractivity contribution in [2.75, 3.05) is 17.7 Å². The number of rotatable bonds is 5. The highest BCUT2D eigenvalue weighted by Gasteiger charge is 2.12. The summed E-state index contributed by atoms with van der Waals surface area (Å²) in [4.78, 5) is 4.38. The van der Waals surface area contributed by atoms with Crippen LogP contribution in [0.15, 0.2) is 30.5 Å². The topological polar surface area (TPSA) is 71.2 Å². The molecule has 0 saturated heterocycles. The molecule has 0 saturated carbocycles. The molecule has 1 aromatic heterocycles. The summed E-state index contributed by atoms with van der Waals surface area (Å²) in [6, 6.07) is 7.66. The van der Waals surface area contributed by atoms with Gasteiger partial charge in [0.25, 0.3) is 0 Å². The maximum Gasteiger partial charge on any atom is 0.0953 e. The second-order valence-electron chi connectivity index (χ2n) is 5.26. The molecule has 1 unspecified atom stereocenters. The van der Waals surface area contributed by atoms with Crippen LogP contribution in [0.2, 0.25) is 0 Å². The Morgan fingerprint density at radius 1 is 1.32 bits per heavy atom. The van der Waals surface area contributed by atoms with Crippen molar-refractivity contribution in [1.29, 1.82) is 0 Å². The third kappa shape index (κ3) is 3.15. The van der Waals surface area contributed by atoms with E-state index in [-0.39, 0.29) is 12.6 Å². The third-order valence-corrected chi connectivity index (χ3v) is 3.14. The van der Waals surface area contributed by atoms with Crippen LogP contribution < -0.4 is 11.1 Å². The van der Waals surface area contributed by atoms with Gasteiger partial charge in [-0.1, -0.05) is 13.8 Å². The van der Waals surface area contributed by atoms with Gasteiger partial charge in [0.05, 0.1) is 17.8 Å². The van der Waals surface area contributed by atoms with Crippen molar-refractivity contribution in [3.63, 3.8) is 0 Å². The third-order valence-electron chi connectivity index (χ3n) is 3.14. The minimum atomic E-state index is 0.0360. The predicted octanol–water partition coefficient (Wildman–Crippen LogP) is 2.64. The van der Waals surface area contributed by atoms with E-state index in [0.29, 0.717) is 5.92 Å². The smallest absolute Gasteiger partial charge is 0.0953 e. The summed E-state index contributed by atoms with van der Waals surface area (Å²) in [5, 5.41) is 13.8. The van der Waals surface area contributed by atoms with Gasteiger partial charge in [-0.3, -0.25) is 4.98 Å². The van der Waals surface area contributed by atoms with Crippen LogP contribution in [0.5, 0.6) is 0 Å². The molecule has 4 heteroatoms. The van der Waals surface area contributed by atoms with Crippen LogP contribution in [0.3, 0.4) is 0 Å². The number of fused-ring (bicyclic) bond motifs is 1. The average molecular weight is 259 g/mol. The molecular formula is C15H21N3O. The van der Waals surface area contributed by atoms with Crippen LogP contribution in [-0.2, 0) is 0 Å². The number of benzene rings is 1. The normalized spacial score (nSPS) is 12.8. The zero-order chi connectivity index (χ0) is 13.8. The Balaban J connectivity index is 2.32. The first-order valence-electron chi connectivity index (χ1n) is 6.62. The number of nitrogen functional groups attached to an aromatic ring is 1. The average Bonchev–Trinajstić information content (AvgIpc) is 2.41. The van der Waals surface area contributed by atoms with Crippen LogP contribution in [0, 0.1) is 5.92 Å². The van der Waals surface area contributed by atoms with E-state index >= 15 is 0 Å². The SMILES string of the molecule is CC(C)CC(CO)Nc1ccc(N)c2cccnc12. The lowest BCUT2D eigenvalue weighted by Crippen LogP contribution is -2.25. The van der Waals surface area contributed by atoms with E-state index in [9.17, 15) is 5.11 Å². The summed E-state index contributed by atoms with van der Waals surface area (Å²) in [5.74, 6) is 0.526.